The average molecular weight is 169 g/mol. The summed E-state index contributed by atoms with van der Waals surface area (Å²) >= 11 is 0. The molecule has 2 unspecified atom stereocenters. The lowest BCUT2D eigenvalue weighted by Crippen LogP contribution is -2.33. The molecule has 0 heterocycles. The van der Waals surface area contributed by atoms with Crippen LogP contribution < -0.4 is 5.32 Å². The molecule has 0 saturated carbocycles. The van der Waals surface area contributed by atoms with Crippen LogP contribution in [0.4, 0.5) is 0 Å². The van der Waals surface area contributed by atoms with Crippen LogP contribution in [0.3, 0.4) is 0 Å². The van der Waals surface area contributed by atoms with Crippen molar-refractivity contribution in [2.24, 2.45) is 5.92 Å². The molecule has 1 heteroatoms. The lowest BCUT2D eigenvalue weighted by molar-refractivity contribution is 0.403. The van der Waals surface area contributed by atoms with E-state index in [-0.39, 0.29) is 0 Å². The van der Waals surface area contributed by atoms with Gasteiger partial charge in [-0.25, -0.2) is 0 Å². The molecule has 0 amide bonds. The predicted molar refractivity (Wildman–Crippen MR) is 56.4 cm³/mol. The Hall–Kier alpha value is -0.300. The largest absolute Gasteiger partial charge is 0.314 e. The summed E-state index contributed by atoms with van der Waals surface area (Å²) in [5.41, 5.74) is 0. The second-order valence-corrected chi connectivity index (χ2v) is 3.40. The molecule has 1 N–H and O–H groups in total. The van der Waals surface area contributed by atoms with E-state index in [1.807, 2.05) is 6.08 Å². The van der Waals surface area contributed by atoms with Crippen LogP contribution >= 0.6 is 0 Å². The summed E-state index contributed by atoms with van der Waals surface area (Å²) in [6, 6.07) is 0.632. The van der Waals surface area contributed by atoms with Crippen LogP contribution in [0.1, 0.15) is 40.0 Å². The van der Waals surface area contributed by atoms with Gasteiger partial charge in [0.05, 0.1) is 0 Å². The standard InChI is InChI=1S/C11H23N/c1-5-8-9-11(12-7-3)10(4)6-2/h6,10-12H,2,5,7-9H2,1,3-4H3. The number of hydrogen-bond acceptors (Lipinski definition) is 1. The van der Waals surface area contributed by atoms with E-state index in [0.29, 0.717) is 12.0 Å². The zero-order valence-electron chi connectivity index (χ0n) is 8.77. The zero-order valence-corrected chi connectivity index (χ0v) is 8.77. The highest BCUT2D eigenvalue weighted by atomic mass is 14.9. The first kappa shape index (κ1) is 11.7. The van der Waals surface area contributed by atoms with Gasteiger partial charge < -0.3 is 5.32 Å². The molecule has 0 spiro atoms. The highest BCUT2D eigenvalue weighted by Gasteiger charge is 2.11. The van der Waals surface area contributed by atoms with E-state index in [2.05, 4.69) is 32.7 Å². The van der Waals surface area contributed by atoms with Gasteiger partial charge >= 0.3 is 0 Å². The molecule has 0 radical (unpaired) electrons. The number of nitrogens with one attached hydrogen (secondary N) is 1. The molecular formula is C11H23N. The van der Waals surface area contributed by atoms with Crippen LogP contribution in [0.15, 0.2) is 12.7 Å². The van der Waals surface area contributed by atoms with Gasteiger partial charge in [-0.3, -0.25) is 0 Å². The first-order valence-corrected chi connectivity index (χ1v) is 5.12. The molecule has 0 aromatic heterocycles. The van der Waals surface area contributed by atoms with Crippen LogP contribution in [-0.2, 0) is 0 Å². The minimum Gasteiger partial charge on any atom is -0.314 e. The van der Waals surface area contributed by atoms with E-state index in [0.717, 1.165) is 6.54 Å². The zero-order chi connectivity index (χ0) is 9.40. The van der Waals surface area contributed by atoms with Crippen molar-refractivity contribution in [3.63, 3.8) is 0 Å². The Morgan fingerprint density at radius 1 is 1.42 bits per heavy atom. The van der Waals surface area contributed by atoms with E-state index in [4.69, 9.17) is 0 Å². The second kappa shape index (κ2) is 7.35. The SMILES string of the molecule is C=CC(C)C(CCCC)NCC. The summed E-state index contributed by atoms with van der Waals surface area (Å²) in [4.78, 5) is 0. The molecule has 0 aliphatic carbocycles. The highest BCUT2D eigenvalue weighted by molar-refractivity contribution is 4.85. The Morgan fingerprint density at radius 2 is 2.08 bits per heavy atom. The van der Waals surface area contributed by atoms with E-state index < -0.39 is 0 Å². The van der Waals surface area contributed by atoms with Gasteiger partial charge in [-0.1, -0.05) is 39.7 Å². The molecule has 0 aromatic carbocycles. The maximum atomic E-state index is 3.83. The smallest absolute Gasteiger partial charge is 0.0127 e. The highest BCUT2D eigenvalue weighted by Crippen LogP contribution is 2.11. The fraction of sp³-hybridized carbons (Fsp3) is 0.818. The average Bonchev–Trinajstić information content (AvgIpc) is 2.11. The lowest BCUT2D eigenvalue weighted by Gasteiger charge is -2.21. The Morgan fingerprint density at radius 3 is 2.50 bits per heavy atom. The minimum atomic E-state index is 0.594. The summed E-state index contributed by atoms with van der Waals surface area (Å²) in [5.74, 6) is 0.594. The van der Waals surface area contributed by atoms with E-state index in [9.17, 15) is 0 Å². The lowest BCUT2D eigenvalue weighted by atomic mass is 9.97. The van der Waals surface area contributed by atoms with Crippen LogP contribution in [0.2, 0.25) is 0 Å². The van der Waals surface area contributed by atoms with Crippen molar-refractivity contribution in [2.45, 2.75) is 46.1 Å². The monoisotopic (exact) mass is 169 g/mol. The summed E-state index contributed by atoms with van der Waals surface area (Å²) in [6.07, 6.45) is 5.92. The van der Waals surface area contributed by atoms with Gasteiger partial charge in [0.15, 0.2) is 0 Å². The Labute approximate surface area is 77.2 Å². The molecule has 0 aromatic rings. The topological polar surface area (TPSA) is 12.0 Å². The first-order valence-electron chi connectivity index (χ1n) is 5.12. The third-order valence-corrected chi connectivity index (χ3v) is 2.34. The maximum absolute atomic E-state index is 3.83. The van der Waals surface area contributed by atoms with E-state index >= 15 is 0 Å². The summed E-state index contributed by atoms with van der Waals surface area (Å²) < 4.78 is 0. The molecule has 0 saturated heterocycles. The van der Waals surface area contributed by atoms with Crippen molar-refractivity contribution < 1.29 is 0 Å². The van der Waals surface area contributed by atoms with Gasteiger partial charge in [0.1, 0.15) is 0 Å². The molecule has 0 aliphatic heterocycles. The molecule has 0 bridgehead atoms. The summed E-state index contributed by atoms with van der Waals surface area (Å²) in [7, 11) is 0. The fourth-order valence-corrected chi connectivity index (χ4v) is 1.40. The molecule has 0 fully saturated rings. The first-order chi connectivity index (χ1) is 5.76. The van der Waals surface area contributed by atoms with Gasteiger partial charge in [0, 0.05) is 6.04 Å². The van der Waals surface area contributed by atoms with Crippen LogP contribution in [-0.4, -0.2) is 12.6 Å². The van der Waals surface area contributed by atoms with Gasteiger partial charge in [-0.15, -0.1) is 6.58 Å². The van der Waals surface area contributed by atoms with Gasteiger partial charge in [-0.05, 0) is 18.9 Å². The van der Waals surface area contributed by atoms with Crippen molar-refractivity contribution in [2.75, 3.05) is 6.54 Å². The molecule has 12 heavy (non-hydrogen) atoms. The molecule has 1 nitrogen and oxygen atoms in total. The summed E-state index contributed by atoms with van der Waals surface area (Å²) in [6.45, 7) is 11.5. The molecule has 72 valence electrons. The molecular weight excluding hydrogens is 146 g/mol. The molecule has 0 rings (SSSR count). The van der Waals surface area contributed by atoms with Crippen molar-refractivity contribution in [1.82, 2.24) is 5.32 Å². The van der Waals surface area contributed by atoms with Crippen LogP contribution in [0.5, 0.6) is 0 Å². The number of unbranched alkanes of at least 4 members (excludes halogenated alkanes) is 1. The Balaban J connectivity index is 3.75. The third kappa shape index (κ3) is 4.55. The molecule has 2 atom stereocenters. The quantitative estimate of drug-likeness (QED) is 0.578. The summed E-state index contributed by atoms with van der Waals surface area (Å²) in [5, 5.41) is 3.50. The van der Waals surface area contributed by atoms with Crippen molar-refractivity contribution in [3.8, 4) is 0 Å². The van der Waals surface area contributed by atoms with Crippen molar-refractivity contribution in [3.05, 3.63) is 12.7 Å². The van der Waals surface area contributed by atoms with Crippen molar-refractivity contribution >= 4 is 0 Å². The van der Waals surface area contributed by atoms with Gasteiger partial charge in [-0.2, -0.15) is 0 Å². The molecule has 0 aliphatic rings. The van der Waals surface area contributed by atoms with Gasteiger partial charge in [0.2, 0.25) is 0 Å². The fourth-order valence-electron chi connectivity index (χ4n) is 1.40. The van der Waals surface area contributed by atoms with Crippen LogP contribution in [0, 0.1) is 5.92 Å². The minimum absolute atomic E-state index is 0.594. The normalized spacial score (nSPS) is 15.6. The second-order valence-electron chi connectivity index (χ2n) is 3.40. The van der Waals surface area contributed by atoms with Crippen LogP contribution in [0.25, 0.3) is 0 Å². The van der Waals surface area contributed by atoms with E-state index in [1.165, 1.54) is 19.3 Å². The van der Waals surface area contributed by atoms with E-state index in [1.54, 1.807) is 0 Å². The van der Waals surface area contributed by atoms with Crippen molar-refractivity contribution in [1.29, 1.82) is 0 Å². The maximum Gasteiger partial charge on any atom is 0.0127 e. The number of rotatable bonds is 7. The predicted octanol–water partition coefficient (Wildman–Crippen LogP) is 2.98. The number of hydrogen-bond donors (Lipinski definition) is 1. The Bertz CT molecular complexity index is 110. The Kier molecular flexibility index (Phi) is 7.17. The third-order valence-electron chi connectivity index (χ3n) is 2.34. The van der Waals surface area contributed by atoms with Gasteiger partial charge in [0.25, 0.3) is 0 Å².